The van der Waals surface area contributed by atoms with Gasteiger partial charge in [0, 0.05) is 38.3 Å². The first-order valence-electron chi connectivity index (χ1n) is 7.90. The molecule has 8 heteroatoms. The van der Waals surface area contributed by atoms with Crippen LogP contribution in [-0.2, 0) is 4.74 Å². The summed E-state index contributed by atoms with van der Waals surface area (Å²) >= 11 is 0. The normalized spacial score (nSPS) is 18.0. The second-order valence-electron chi connectivity index (χ2n) is 5.76. The fraction of sp³-hybridized carbons (Fsp3) is 0.600. The van der Waals surface area contributed by atoms with E-state index < -0.39 is 0 Å². The maximum absolute atomic E-state index is 12.5. The number of H-pyrrole nitrogens is 1. The van der Waals surface area contributed by atoms with E-state index in [1.54, 1.807) is 16.7 Å². The van der Waals surface area contributed by atoms with Gasteiger partial charge in [-0.3, -0.25) is 9.59 Å². The molecule has 23 heavy (non-hydrogen) atoms. The second-order valence-corrected chi connectivity index (χ2v) is 5.76. The van der Waals surface area contributed by atoms with Crippen molar-refractivity contribution in [3.05, 3.63) is 27.9 Å². The summed E-state index contributed by atoms with van der Waals surface area (Å²) in [5, 5.41) is 0. The van der Waals surface area contributed by atoms with Crippen LogP contribution in [-0.4, -0.2) is 64.6 Å². The lowest BCUT2D eigenvalue weighted by Crippen LogP contribution is -2.51. The zero-order valence-electron chi connectivity index (χ0n) is 13.1. The number of rotatable bonds is 3. The number of ether oxygens (including phenoxy) is 1. The van der Waals surface area contributed by atoms with Gasteiger partial charge in [-0.15, -0.1) is 0 Å². The van der Waals surface area contributed by atoms with E-state index in [1.807, 2.05) is 0 Å². The molecule has 0 radical (unpaired) electrons. The van der Waals surface area contributed by atoms with Crippen LogP contribution in [0.4, 0.5) is 4.79 Å². The summed E-state index contributed by atoms with van der Waals surface area (Å²) in [5.74, 6) is 0.656. The van der Waals surface area contributed by atoms with Crippen LogP contribution >= 0.6 is 0 Å². The van der Waals surface area contributed by atoms with Crippen LogP contribution in [0.25, 0.3) is 0 Å². The van der Waals surface area contributed by atoms with Gasteiger partial charge in [0.1, 0.15) is 11.4 Å². The molecule has 1 saturated carbocycles. The molecule has 124 valence electrons. The number of aromatic amines is 1. The number of amides is 2. The quantitative estimate of drug-likeness (QED) is 0.878. The van der Waals surface area contributed by atoms with Gasteiger partial charge in [0.25, 0.3) is 11.5 Å². The van der Waals surface area contributed by atoms with Crippen molar-refractivity contribution in [1.82, 2.24) is 19.8 Å². The van der Waals surface area contributed by atoms with E-state index in [4.69, 9.17) is 4.74 Å². The average molecular weight is 320 g/mol. The fourth-order valence-electron chi connectivity index (χ4n) is 2.60. The Balaban J connectivity index is 1.63. The lowest BCUT2D eigenvalue weighted by Gasteiger charge is -2.33. The fourth-order valence-corrected chi connectivity index (χ4v) is 2.60. The van der Waals surface area contributed by atoms with Crippen molar-refractivity contribution in [2.24, 2.45) is 0 Å². The smallest absolute Gasteiger partial charge is 0.409 e. The number of hydrogen-bond donors (Lipinski definition) is 1. The maximum atomic E-state index is 12.5. The zero-order valence-corrected chi connectivity index (χ0v) is 13.1. The van der Waals surface area contributed by atoms with Gasteiger partial charge >= 0.3 is 6.09 Å². The summed E-state index contributed by atoms with van der Waals surface area (Å²) < 4.78 is 4.94. The van der Waals surface area contributed by atoms with Crippen molar-refractivity contribution >= 4 is 12.0 Å². The molecule has 1 aliphatic carbocycles. The summed E-state index contributed by atoms with van der Waals surface area (Å²) in [6.07, 6.45) is 3.07. The van der Waals surface area contributed by atoms with Crippen molar-refractivity contribution in [2.75, 3.05) is 32.8 Å². The van der Waals surface area contributed by atoms with Crippen molar-refractivity contribution < 1.29 is 14.3 Å². The summed E-state index contributed by atoms with van der Waals surface area (Å²) in [5.41, 5.74) is -0.335. The number of carbonyl (C=O) groups is 2. The van der Waals surface area contributed by atoms with Gasteiger partial charge in [0.15, 0.2) is 0 Å². The average Bonchev–Trinajstić information content (AvgIpc) is 3.39. The summed E-state index contributed by atoms with van der Waals surface area (Å²) in [6.45, 7) is 3.63. The minimum Gasteiger partial charge on any atom is -0.450 e. The van der Waals surface area contributed by atoms with Crippen molar-refractivity contribution in [3.8, 4) is 0 Å². The molecule has 3 rings (SSSR count). The highest BCUT2D eigenvalue weighted by Gasteiger charge is 2.29. The molecule has 0 spiro atoms. The third kappa shape index (κ3) is 3.35. The number of hydrogen-bond acceptors (Lipinski definition) is 5. The summed E-state index contributed by atoms with van der Waals surface area (Å²) in [7, 11) is 0. The lowest BCUT2D eigenvalue weighted by molar-refractivity contribution is 0.0568. The van der Waals surface area contributed by atoms with E-state index in [2.05, 4.69) is 9.97 Å². The number of nitrogens with zero attached hydrogens (tertiary/aromatic N) is 3. The highest BCUT2D eigenvalue weighted by Crippen LogP contribution is 2.37. The van der Waals surface area contributed by atoms with Crippen LogP contribution in [0.3, 0.4) is 0 Å². The molecule has 0 atom stereocenters. The molecule has 1 saturated heterocycles. The Hall–Kier alpha value is -2.38. The molecule has 1 aliphatic heterocycles. The summed E-state index contributed by atoms with van der Waals surface area (Å²) in [4.78, 5) is 46.2. The van der Waals surface area contributed by atoms with E-state index in [0.29, 0.717) is 44.5 Å². The third-order valence-electron chi connectivity index (χ3n) is 4.11. The van der Waals surface area contributed by atoms with Gasteiger partial charge in [0.2, 0.25) is 0 Å². The van der Waals surface area contributed by atoms with Crippen LogP contribution < -0.4 is 5.56 Å². The first-order valence-corrected chi connectivity index (χ1v) is 7.90. The molecule has 8 nitrogen and oxygen atoms in total. The molecule has 2 amide bonds. The molecular weight excluding hydrogens is 300 g/mol. The van der Waals surface area contributed by atoms with Crippen LogP contribution in [0.5, 0.6) is 0 Å². The van der Waals surface area contributed by atoms with E-state index in [-0.39, 0.29) is 23.1 Å². The maximum Gasteiger partial charge on any atom is 0.409 e. The topological polar surface area (TPSA) is 95.6 Å². The Morgan fingerprint density at radius 1 is 1.26 bits per heavy atom. The van der Waals surface area contributed by atoms with Gasteiger partial charge in [-0.25, -0.2) is 9.78 Å². The zero-order chi connectivity index (χ0) is 16.4. The molecule has 0 aromatic carbocycles. The monoisotopic (exact) mass is 320 g/mol. The van der Waals surface area contributed by atoms with E-state index in [0.717, 1.165) is 12.8 Å². The lowest BCUT2D eigenvalue weighted by atomic mass is 10.2. The summed E-state index contributed by atoms with van der Waals surface area (Å²) in [6, 6.07) is 0. The van der Waals surface area contributed by atoms with Crippen molar-refractivity contribution in [3.63, 3.8) is 0 Å². The minimum absolute atomic E-state index is 0.0546. The molecular formula is C15H20N4O4. The number of nitrogens with one attached hydrogen (secondary N) is 1. The highest BCUT2D eigenvalue weighted by molar-refractivity contribution is 5.93. The molecule has 0 unspecified atom stereocenters. The van der Waals surface area contributed by atoms with Gasteiger partial charge in [-0.05, 0) is 19.8 Å². The second kappa shape index (κ2) is 6.39. The Morgan fingerprint density at radius 2 is 1.91 bits per heavy atom. The van der Waals surface area contributed by atoms with Crippen molar-refractivity contribution in [1.29, 1.82) is 0 Å². The first-order chi connectivity index (χ1) is 11.1. The molecule has 2 aliphatic rings. The molecule has 2 heterocycles. The van der Waals surface area contributed by atoms with Crippen molar-refractivity contribution in [2.45, 2.75) is 25.7 Å². The van der Waals surface area contributed by atoms with Gasteiger partial charge < -0.3 is 19.5 Å². The van der Waals surface area contributed by atoms with Gasteiger partial charge in [-0.2, -0.15) is 0 Å². The third-order valence-corrected chi connectivity index (χ3v) is 4.11. The number of piperazine rings is 1. The standard InChI is InChI=1S/C15H20N4O4/c1-2-23-15(22)19-7-5-18(6-8-19)14(21)11-9-16-12(10-3-4-10)17-13(11)20/h9-10H,2-8H2,1H3,(H,16,17,20). The predicted octanol–water partition coefficient (Wildman–Crippen LogP) is 0.562. The van der Waals surface area contributed by atoms with E-state index in [1.165, 1.54) is 6.20 Å². The predicted molar refractivity (Wildman–Crippen MR) is 81.3 cm³/mol. The Labute approximate surface area is 133 Å². The largest absolute Gasteiger partial charge is 0.450 e. The molecule has 0 bridgehead atoms. The highest BCUT2D eigenvalue weighted by atomic mass is 16.6. The molecule has 1 aromatic heterocycles. The van der Waals surface area contributed by atoms with Crippen LogP contribution in [0.15, 0.2) is 11.0 Å². The van der Waals surface area contributed by atoms with E-state index >= 15 is 0 Å². The molecule has 2 fully saturated rings. The van der Waals surface area contributed by atoms with Gasteiger partial charge in [-0.1, -0.05) is 0 Å². The van der Waals surface area contributed by atoms with Crippen LogP contribution in [0, 0.1) is 0 Å². The number of carbonyl (C=O) groups excluding carboxylic acids is 2. The first kappa shape index (κ1) is 15.5. The molecule has 1 aromatic rings. The SMILES string of the molecule is CCOC(=O)N1CCN(C(=O)c2cnc(C3CC3)[nH]c2=O)CC1. The van der Waals surface area contributed by atoms with Crippen LogP contribution in [0.2, 0.25) is 0 Å². The Kier molecular flexibility index (Phi) is 4.31. The Morgan fingerprint density at radius 3 is 2.48 bits per heavy atom. The minimum atomic E-state index is -0.389. The Bertz CT molecular complexity index is 660. The van der Waals surface area contributed by atoms with Crippen LogP contribution in [0.1, 0.15) is 41.9 Å². The number of aromatic nitrogens is 2. The molecule has 1 N–H and O–H groups in total. The van der Waals surface area contributed by atoms with E-state index in [9.17, 15) is 14.4 Å². The van der Waals surface area contributed by atoms with Gasteiger partial charge in [0.05, 0.1) is 6.61 Å².